The van der Waals surface area contributed by atoms with Crippen molar-refractivity contribution in [3.05, 3.63) is 0 Å². The molecule has 4 amide bonds. The molecule has 0 aliphatic carbocycles. The van der Waals surface area contributed by atoms with Crippen molar-refractivity contribution in [3.8, 4) is 0 Å². The normalized spacial score (nSPS) is 13.3. The van der Waals surface area contributed by atoms with Gasteiger partial charge < -0.3 is 27.4 Å². The Labute approximate surface area is 207 Å². The largest absolute Gasteiger partial charge is 0.370 e. The Hall–Kier alpha value is -2.82. The van der Waals surface area contributed by atoms with E-state index in [1.54, 1.807) is 13.8 Å². The Kier molecular flexibility index (Phi) is 16.2. The molecule has 0 saturated heterocycles. The van der Waals surface area contributed by atoms with E-state index in [0.29, 0.717) is 19.3 Å². The van der Waals surface area contributed by atoms with Crippen LogP contribution in [-0.4, -0.2) is 60.4 Å². The standard InChI is InChI=1S/C24H43N5O6/c1-4-17(30)10-14-24(13-6-7-22(34)27-3,15-11-18(31)12-16-25)29-23(35)19(8-9-20(26)32)28-21(33)5-2/h19H,4-16,25H2,1-3H3,(H2,26,32)(H,27,34)(H,28,33)(H,29,35)/t19-,24?/m1/s1. The molecule has 0 aromatic rings. The maximum atomic E-state index is 13.3. The quantitative estimate of drug-likeness (QED) is 0.160. The van der Waals surface area contributed by atoms with Gasteiger partial charge in [0.25, 0.3) is 0 Å². The Morgan fingerprint density at radius 2 is 1.43 bits per heavy atom. The maximum Gasteiger partial charge on any atom is 0.243 e. The van der Waals surface area contributed by atoms with Crippen molar-refractivity contribution < 1.29 is 28.8 Å². The molecule has 2 atom stereocenters. The van der Waals surface area contributed by atoms with Gasteiger partial charge in [-0.25, -0.2) is 0 Å². The van der Waals surface area contributed by atoms with Gasteiger partial charge in [0.2, 0.25) is 23.6 Å². The smallest absolute Gasteiger partial charge is 0.243 e. The first kappa shape index (κ1) is 32.2. The van der Waals surface area contributed by atoms with Crippen LogP contribution in [-0.2, 0) is 28.8 Å². The number of Topliss-reactive ketones (excluding diaryl/α,β-unsaturated/α-hetero) is 2. The minimum Gasteiger partial charge on any atom is -0.370 e. The van der Waals surface area contributed by atoms with Crippen LogP contribution in [0.4, 0.5) is 0 Å². The topological polar surface area (TPSA) is 191 Å². The molecule has 1 unspecified atom stereocenters. The molecule has 0 aliphatic heterocycles. The molecule has 35 heavy (non-hydrogen) atoms. The van der Waals surface area contributed by atoms with Gasteiger partial charge in [-0.05, 0) is 38.6 Å². The first-order chi connectivity index (χ1) is 16.5. The number of hydrogen-bond acceptors (Lipinski definition) is 7. The number of hydrogen-bond donors (Lipinski definition) is 5. The molecule has 0 heterocycles. The molecule has 0 aliphatic rings. The molecule has 0 aromatic carbocycles. The van der Waals surface area contributed by atoms with Gasteiger partial charge in [0.05, 0.1) is 0 Å². The summed E-state index contributed by atoms with van der Waals surface area (Å²) in [6, 6.07) is -1.00. The minimum absolute atomic E-state index is 0.00720. The van der Waals surface area contributed by atoms with E-state index < -0.39 is 23.4 Å². The molecule has 0 radical (unpaired) electrons. The zero-order valence-corrected chi connectivity index (χ0v) is 21.4. The summed E-state index contributed by atoms with van der Waals surface area (Å²) in [6.07, 6.45) is 2.44. The predicted molar refractivity (Wildman–Crippen MR) is 132 cm³/mol. The fraction of sp³-hybridized carbons (Fsp3) is 0.750. The van der Waals surface area contributed by atoms with Gasteiger partial charge in [-0.3, -0.25) is 28.8 Å². The average molecular weight is 498 g/mol. The van der Waals surface area contributed by atoms with Crippen LogP contribution in [0.1, 0.15) is 90.9 Å². The van der Waals surface area contributed by atoms with E-state index in [1.807, 2.05) is 0 Å². The van der Waals surface area contributed by atoms with Crippen molar-refractivity contribution in [3.63, 3.8) is 0 Å². The van der Waals surface area contributed by atoms with E-state index >= 15 is 0 Å². The summed E-state index contributed by atoms with van der Waals surface area (Å²) < 4.78 is 0. The summed E-state index contributed by atoms with van der Waals surface area (Å²) in [5.74, 6) is -1.71. The Balaban J connectivity index is 5.95. The lowest BCUT2D eigenvalue weighted by molar-refractivity contribution is -0.131. The molecule has 0 saturated carbocycles. The number of nitrogens with one attached hydrogen (secondary N) is 3. The predicted octanol–water partition coefficient (Wildman–Crippen LogP) is 0.375. The van der Waals surface area contributed by atoms with Crippen LogP contribution in [0.3, 0.4) is 0 Å². The van der Waals surface area contributed by atoms with E-state index in [-0.39, 0.29) is 87.7 Å². The number of carbonyl (C=O) groups excluding carboxylic acids is 6. The molecule has 11 heteroatoms. The summed E-state index contributed by atoms with van der Waals surface area (Å²) in [7, 11) is 1.53. The Morgan fingerprint density at radius 1 is 0.800 bits per heavy atom. The zero-order chi connectivity index (χ0) is 26.9. The van der Waals surface area contributed by atoms with E-state index in [4.69, 9.17) is 11.5 Å². The van der Waals surface area contributed by atoms with Gasteiger partial charge in [0.15, 0.2) is 0 Å². The van der Waals surface area contributed by atoms with Gasteiger partial charge in [0.1, 0.15) is 17.6 Å². The highest BCUT2D eigenvalue weighted by atomic mass is 16.2. The minimum atomic E-state index is -1.00. The summed E-state index contributed by atoms with van der Waals surface area (Å²) in [6.45, 7) is 3.60. The lowest BCUT2D eigenvalue weighted by Gasteiger charge is -2.37. The van der Waals surface area contributed by atoms with Gasteiger partial charge in [0, 0.05) is 57.5 Å². The molecule has 0 bridgehead atoms. The molecule has 11 nitrogen and oxygen atoms in total. The monoisotopic (exact) mass is 497 g/mol. The van der Waals surface area contributed by atoms with Gasteiger partial charge in [-0.2, -0.15) is 0 Å². The molecule has 0 aromatic heterocycles. The van der Waals surface area contributed by atoms with E-state index in [9.17, 15) is 28.8 Å². The second-order valence-corrected chi connectivity index (χ2v) is 8.74. The first-order valence-electron chi connectivity index (χ1n) is 12.4. The summed E-state index contributed by atoms with van der Waals surface area (Å²) in [5, 5.41) is 8.15. The highest BCUT2D eigenvalue weighted by Crippen LogP contribution is 2.28. The van der Waals surface area contributed by atoms with Crippen LogP contribution in [0.15, 0.2) is 0 Å². The molecular weight excluding hydrogens is 454 g/mol. The van der Waals surface area contributed by atoms with Crippen LogP contribution < -0.4 is 27.4 Å². The Morgan fingerprint density at radius 3 is 1.94 bits per heavy atom. The van der Waals surface area contributed by atoms with Gasteiger partial charge >= 0.3 is 0 Å². The number of ketones is 2. The summed E-state index contributed by atoms with van der Waals surface area (Å²) >= 11 is 0. The summed E-state index contributed by atoms with van der Waals surface area (Å²) in [5.41, 5.74) is 9.78. The lowest BCUT2D eigenvalue weighted by atomic mass is 9.81. The second kappa shape index (κ2) is 17.6. The number of nitrogens with two attached hydrogens (primary N) is 2. The maximum absolute atomic E-state index is 13.3. The number of rotatable bonds is 20. The number of carbonyl (C=O) groups is 6. The molecule has 7 N–H and O–H groups in total. The van der Waals surface area contributed by atoms with Gasteiger partial charge in [-0.1, -0.05) is 13.8 Å². The summed E-state index contributed by atoms with van der Waals surface area (Å²) in [4.78, 5) is 72.8. The first-order valence-corrected chi connectivity index (χ1v) is 12.4. The number of amides is 4. The van der Waals surface area contributed by atoms with E-state index in [0.717, 1.165) is 0 Å². The van der Waals surface area contributed by atoms with Crippen molar-refractivity contribution in [2.24, 2.45) is 11.5 Å². The van der Waals surface area contributed by atoms with Crippen molar-refractivity contribution >= 4 is 35.2 Å². The van der Waals surface area contributed by atoms with E-state index in [1.165, 1.54) is 7.05 Å². The highest BCUT2D eigenvalue weighted by molar-refractivity contribution is 5.89. The molecule has 0 spiro atoms. The van der Waals surface area contributed by atoms with Crippen LogP contribution in [0.25, 0.3) is 0 Å². The van der Waals surface area contributed by atoms with Gasteiger partial charge in [-0.15, -0.1) is 0 Å². The van der Waals surface area contributed by atoms with Crippen molar-refractivity contribution in [1.29, 1.82) is 0 Å². The average Bonchev–Trinajstić information content (AvgIpc) is 2.83. The van der Waals surface area contributed by atoms with Crippen molar-refractivity contribution in [2.75, 3.05) is 13.6 Å². The third-order valence-corrected chi connectivity index (χ3v) is 5.96. The SMILES string of the molecule is CCC(=O)CCC(CCCC(=O)NC)(CCC(=O)CCN)NC(=O)[C@@H](CCC(N)=O)NC(=O)CC. The van der Waals surface area contributed by atoms with Crippen molar-refractivity contribution in [1.82, 2.24) is 16.0 Å². The fourth-order valence-corrected chi connectivity index (χ4v) is 3.70. The van der Waals surface area contributed by atoms with Crippen molar-refractivity contribution in [2.45, 2.75) is 102 Å². The molecular formula is C24H43N5O6. The molecule has 0 fully saturated rings. The van der Waals surface area contributed by atoms with Crippen LogP contribution in [0, 0.1) is 0 Å². The second-order valence-electron chi connectivity index (χ2n) is 8.74. The fourth-order valence-electron chi connectivity index (χ4n) is 3.70. The lowest BCUT2D eigenvalue weighted by Crippen LogP contribution is -2.56. The number of primary amides is 1. The van der Waals surface area contributed by atoms with Crippen LogP contribution in [0.2, 0.25) is 0 Å². The third kappa shape index (κ3) is 14.2. The third-order valence-electron chi connectivity index (χ3n) is 5.96. The van der Waals surface area contributed by atoms with E-state index in [2.05, 4.69) is 16.0 Å². The Bertz CT molecular complexity index is 742. The van der Waals surface area contributed by atoms with Crippen LogP contribution >= 0.6 is 0 Å². The highest BCUT2D eigenvalue weighted by Gasteiger charge is 2.35. The molecule has 200 valence electrons. The zero-order valence-electron chi connectivity index (χ0n) is 21.4. The van der Waals surface area contributed by atoms with Crippen LogP contribution in [0.5, 0.6) is 0 Å². The molecule has 0 rings (SSSR count).